The number of rotatable bonds is 5. The molecule has 0 aromatic heterocycles. The van der Waals surface area contributed by atoms with Crippen LogP contribution in [0, 0.1) is 6.92 Å². The third-order valence-electron chi connectivity index (χ3n) is 3.67. The molecular weight excluding hydrogens is 330 g/mol. The normalized spacial score (nSPS) is 22.5. The summed E-state index contributed by atoms with van der Waals surface area (Å²) in [5, 5.41) is 9.43. The van der Waals surface area contributed by atoms with Gasteiger partial charge in [-0.2, -0.15) is 0 Å². The van der Waals surface area contributed by atoms with Gasteiger partial charge in [0, 0.05) is 11.6 Å². The number of nitrogens with one attached hydrogen (secondary N) is 1. The minimum absolute atomic E-state index is 0.0398. The summed E-state index contributed by atoms with van der Waals surface area (Å²) < 4.78 is 33.1. The summed E-state index contributed by atoms with van der Waals surface area (Å²) in [5.41, 5.74) is -0.698. The molecule has 2 rings (SSSR count). The lowest BCUT2D eigenvalue weighted by Crippen LogP contribution is -2.55. The first-order valence-corrected chi connectivity index (χ1v) is 8.71. The molecule has 1 unspecified atom stereocenters. The Hall–Kier alpha value is -1.15. The van der Waals surface area contributed by atoms with E-state index in [-0.39, 0.29) is 17.9 Å². The molecule has 22 heavy (non-hydrogen) atoms. The molecule has 2 N–H and O–H groups in total. The fraction of sp³-hybridized carbons (Fsp3) is 0.500. The third-order valence-corrected chi connectivity index (χ3v) is 5.80. The van der Waals surface area contributed by atoms with Gasteiger partial charge in [-0.25, -0.2) is 13.1 Å². The van der Waals surface area contributed by atoms with Crippen molar-refractivity contribution in [1.29, 1.82) is 0 Å². The standard InChI is InChI=1S/C14H18ClNO5S/c1-10-11(15)4-2-5-12(10)22(19,20)16-14(8-13(17)18)6-3-7-21-9-14/h2,4-5,16H,3,6-9H2,1H3,(H,17,18). The maximum atomic E-state index is 12.6. The van der Waals surface area contributed by atoms with Crippen molar-refractivity contribution in [3.63, 3.8) is 0 Å². The lowest BCUT2D eigenvalue weighted by molar-refractivity contribution is -0.140. The number of sulfonamides is 1. The molecule has 1 atom stereocenters. The number of benzene rings is 1. The Labute approximate surface area is 134 Å². The Morgan fingerprint density at radius 3 is 2.82 bits per heavy atom. The monoisotopic (exact) mass is 347 g/mol. The van der Waals surface area contributed by atoms with Crippen molar-refractivity contribution in [3.8, 4) is 0 Å². The molecule has 6 nitrogen and oxygen atoms in total. The van der Waals surface area contributed by atoms with Crippen LogP contribution < -0.4 is 4.72 Å². The SMILES string of the molecule is Cc1c(Cl)cccc1S(=O)(=O)NC1(CC(=O)O)CCCOC1. The van der Waals surface area contributed by atoms with Crippen molar-refractivity contribution in [2.24, 2.45) is 0 Å². The molecule has 1 fully saturated rings. The third kappa shape index (κ3) is 3.78. The molecule has 0 saturated carbocycles. The molecule has 1 aliphatic rings. The van der Waals surface area contributed by atoms with Gasteiger partial charge in [-0.05, 0) is 37.5 Å². The second-order valence-corrected chi connectivity index (χ2v) is 7.53. The van der Waals surface area contributed by atoms with Gasteiger partial charge in [0.25, 0.3) is 0 Å². The van der Waals surface area contributed by atoms with Crippen LogP contribution in [0.3, 0.4) is 0 Å². The highest BCUT2D eigenvalue weighted by Crippen LogP contribution is 2.28. The van der Waals surface area contributed by atoms with E-state index in [1.807, 2.05) is 0 Å². The van der Waals surface area contributed by atoms with E-state index >= 15 is 0 Å². The van der Waals surface area contributed by atoms with Gasteiger partial charge in [0.05, 0.1) is 23.5 Å². The Morgan fingerprint density at radius 1 is 1.50 bits per heavy atom. The molecule has 1 aromatic carbocycles. The van der Waals surface area contributed by atoms with Crippen LogP contribution in [0.1, 0.15) is 24.8 Å². The minimum Gasteiger partial charge on any atom is -0.481 e. The van der Waals surface area contributed by atoms with Crippen LogP contribution in [-0.2, 0) is 19.6 Å². The lowest BCUT2D eigenvalue weighted by Gasteiger charge is -2.36. The summed E-state index contributed by atoms with van der Waals surface area (Å²) in [4.78, 5) is 11.2. The zero-order chi connectivity index (χ0) is 16.4. The Bertz CT molecular complexity index is 668. The molecule has 8 heteroatoms. The summed E-state index contributed by atoms with van der Waals surface area (Å²) in [7, 11) is -3.89. The van der Waals surface area contributed by atoms with Gasteiger partial charge in [0.15, 0.2) is 0 Å². The van der Waals surface area contributed by atoms with E-state index in [9.17, 15) is 13.2 Å². The average Bonchev–Trinajstić information content (AvgIpc) is 2.41. The molecule has 0 aliphatic carbocycles. The smallest absolute Gasteiger partial charge is 0.305 e. The molecule has 1 saturated heterocycles. The Morgan fingerprint density at radius 2 is 2.23 bits per heavy atom. The van der Waals surface area contributed by atoms with Crippen molar-refractivity contribution < 1.29 is 23.1 Å². The lowest BCUT2D eigenvalue weighted by atomic mass is 9.90. The zero-order valence-electron chi connectivity index (χ0n) is 12.1. The van der Waals surface area contributed by atoms with Gasteiger partial charge in [0.1, 0.15) is 0 Å². The van der Waals surface area contributed by atoms with E-state index in [0.29, 0.717) is 30.0 Å². The Balaban J connectivity index is 2.35. The molecule has 0 amide bonds. The van der Waals surface area contributed by atoms with E-state index in [1.54, 1.807) is 19.1 Å². The van der Waals surface area contributed by atoms with Gasteiger partial charge in [-0.15, -0.1) is 0 Å². The van der Waals surface area contributed by atoms with Gasteiger partial charge >= 0.3 is 5.97 Å². The van der Waals surface area contributed by atoms with Crippen LogP contribution in [0.5, 0.6) is 0 Å². The summed E-state index contributed by atoms with van der Waals surface area (Å²) >= 11 is 5.97. The molecule has 122 valence electrons. The van der Waals surface area contributed by atoms with Crippen molar-refractivity contribution in [3.05, 3.63) is 28.8 Å². The maximum absolute atomic E-state index is 12.6. The summed E-state index contributed by atoms with van der Waals surface area (Å²) in [6, 6.07) is 4.60. The molecule has 1 aromatic rings. The maximum Gasteiger partial charge on any atom is 0.305 e. The summed E-state index contributed by atoms with van der Waals surface area (Å²) in [6.07, 6.45) is 0.689. The van der Waals surface area contributed by atoms with Crippen LogP contribution in [0.4, 0.5) is 0 Å². The number of hydrogen-bond acceptors (Lipinski definition) is 4. The van der Waals surface area contributed by atoms with Crippen LogP contribution in [0.15, 0.2) is 23.1 Å². The first kappa shape index (κ1) is 17.2. The van der Waals surface area contributed by atoms with Gasteiger partial charge in [-0.1, -0.05) is 17.7 Å². The first-order chi connectivity index (χ1) is 10.3. The van der Waals surface area contributed by atoms with Crippen molar-refractivity contribution in [2.75, 3.05) is 13.2 Å². The zero-order valence-corrected chi connectivity index (χ0v) is 13.7. The number of hydrogen-bond donors (Lipinski definition) is 2. The van der Waals surface area contributed by atoms with Crippen LogP contribution in [0.25, 0.3) is 0 Å². The number of carbonyl (C=O) groups is 1. The highest BCUT2D eigenvalue weighted by Gasteiger charge is 2.39. The number of aliphatic carboxylic acids is 1. The fourth-order valence-electron chi connectivity index (χ4n) is 2.62. The molecule has 1 heterocycles. The first-order valence-electron chi connectivity index (χ1n) is 6.84. The van der Waals surface area contributed by atoms with Crippen molar-refractivity contribution in [1.82, 2.24) is 4.72 Å². The predicted octanol–water partition coefficient (Wildman–Crippen LogP) is 1.95. The summed E-state index contributed by atoms with van der Waals surface area (Å²) in [6.45, 7) is 2.15. The number of carboxylic acids is 1. The van der Waals surface area contributed by atoms with Gasteiger partial charge in [-0.3, -0.25) is 4.79 Å². The highest BCUT2D eigenvalue weighted by molar-refractivity contribution is 7.89. The molecule has 0 radical (unpaired) electrons. The van der Waals surface area contributed by atoms with Crippen LogP contribution in [-0.4, -0.2) is 38.2 Å². The average molecular weight is 348 g/mol. The highest BCUT2D eigenvalue weighted by atomic mass is 35.5. The van der Waals surface area contributed by atoms with E-state index in [2.05, 4.69) is 4.72 Å². The largest absolute Gasteiger partial charge is 0.481 e. The number of halogens is 1. The van der Waals surface area contributed by atoms with Gasteiger partial charge < -0.3 is 9.84 Å². The number of ether oxygens (including phenoxy) is 1. The predicted molar refractivity (Wildman–Crippen MR) is 81.5 cm³/mol. The summed E-state index contributed by atoms with van der Waals surface area (Å²) in [5.74, 6) is -1.07. The molecule has 1 aliphatic heterocycles. The van der Waals surface area contributed by atoms with Crippen LogP contribution >= 0.6 is 11.6 Å². The fourth-order valence-corrected chi connectivity index (χ4v) is 4.53. The number of carboxylic acid groups (broad SMARTS) is 1. The second kappa shape index (κ2) is 6.54. The van der Waals surface area contributed by atoms with E-state index in [4.69, 9.17) is 21.4 Å². The molecule has 0 bridgehead atoms. The van der Waals surface area contributed by atoms with E-state index in [0.717, 1.165) is 0 Å². The second-order valence-electron chi connectivity index (χ2n) is 5.48. The molecule has 0 spiro atoms. The topological polar surface area (TPSA) is 92.7 Å². The quantitative estimate of drug-likeness (QED) is 0.849. The minimum atomic E-state index is -3.89. The van der Waals surface area contributed by atoms with Gasteiger partial charge in [0.2, 0.25) is 10.0 Å². The van der Waals surface area contributed by atoms with Crippen LogP contribution in [0.2, 0.25) is 5.02 Å². The Kier molecular flexibility index (Phi) is 5.11. The van der Waals surface area contributed by atoms with Crippen molar-refractivity contribution in [2.45, 2.75) is 36.6 Å². The van der Waals surface area contributed by atoms with Crippen molar-refractivity contribution >= 4 is 27.6 Å². The van der Waals surface area contributed by atoms with E-state index in [1.165, 1.54) is 6.07 Å². The van der Waals surface area contributed by atoms with E-state index < -0.39 is 21.5 Å². The molecular formula is C14H18ClNO5S.